The molecule has 2 aromatic heterocycles. The summed E-state index contributed by atoms with van der Waals surface area (Å²) in [5.74, 6) is -1.85. The quantitative estimate of drug-likeness (QED) is 0.336. The molecule has 0 unspecified atom stereocenters. The maximum Gasteiger partial charge on any atom is 0.306 e. The molecule has 1 N–H and O–H groups in total. The molecule has 2 saturated heterocycles. The van der Waals surface area contributed by atoms with E-state index in [2.05, 4.69) is 40.5 Å². The van der Waals surface area contributed by atoms with Gasteiger partial charge >= 0.3 is 5.97 Å². The second-order valence-electron chi connectivity index (χ2n) is 13.6. The zero-order valence-electron chi connectivity index (χ0n) is 25.9. The predicted octanol–water partition coefficient (Wildman–Crippen LogP) is 5.22. The molecule has 1 aliphatic carbocycles. The van der Waals surface area contributed by atoms with Crippen molar-refractivity contribution in [1.29, 1.82) is 0 Å². The molecule has 3 aromatic rings. The number of nitrogens with zero attached hydrogens (tertiary/aromatic N) is 5. The lowest BCUT2D eigenvalue weighted by molar-refractivity contribution is -0.158. The molecule has 1 atom stereocenters. The number of alkyl halides is 2. The maximum atomic E-state index is 15.6. The van der Waals surface area contributed by atoms with Crippen LogP contribution in [-0.4, -0.2) is 82.8 Å². The van der Waals surface area contributed by atoms with Crippen molar-refractivity contribution in [3.05, 3.63) is 70.2 Å². The molecular formula is C34H42F2N6O2. The second-order valence-corrected chi connectivity index (χ2v) is 13.6. The zero-order chi connectivity index (χ0) is 30.6. The van der Waals surface area contributed by atoms with Gasteiger partial charge in [-0.1, -0.05) is 12.1 Å². The van der Waals surface area contributed by atoms with Crippen LogP contribution in [0.15, 0.2) is 36.4 Å². The Morgan fingerprint density at radius 2 is 1.89 bits per heavy atom. The topological polar surface area (TPSA) is 75.5 Å². The number of aromatic nitrogens is 3. The Bertz CT molecular complexity index is 1560. The van der Waals surface area contributed by atoms with E-state index in [-0.39, 0.29) is 24.9 Å². The SMILES string of the molecule is COC(=O)C[C@H](CN1CC2(CN(Cc3ccc4c(n3)NCCC4)CC2(F)F)C1)c1cc(C2CC2)cc(-n2nc(C)cc2C)c1. The van der Waals surface area contributed by atoms with Gasteiger partial charge in [-0.05, 0) is 86.4 Å². The van der Waals surface area contributed by atoms with Crippen LogP contribution in [-0.2, 0) is 22.5 Å². The Labute approximate surface area is 257 Å². The minimum absolute atomic E-state index is 0.174. The number of likely N-dealkylation sites (tertiary alicyclic amines) is 2. The number of halogens is 2. The summed E-state index contributed by atoms with van der Waals surface area (Å²) in [6.07, 6.45) is 4.59. The van der Waals surface area contributed by atoms with Crippen LogP contribution in [0.2, 0.25) is 0 Å². The van der Waals surface area contributed by atoms with E-state index in [1.54, 1.807) is 0 Å². The molecule has 44 heavy (non-hydrogen) atoms. The first-order valence-corrected chi connectivity index (χ1v) is 15.9. The normalized spacial score (nSPS) is 21.5. The van der Waals surface area contributed by atoms with E-state index in [9.17, 15) is 4.79 Å². The van der Waals surface area contributed by atoms with Crippen molar-refractivity contribution in [3.63, 3.8) is 0 Å². The fraction of sp³-hybridized carbons (Fsp3) is 0.559. The number of anilines is 1. The third-order valence-electron chi connectivity index (χ3n) is 9.97. The summed E-state index contributed by atoms with van der Waals surface area (Å²) < 4.78 is 38.3. The highest BCUT2D eigenvalue weighted by atomic mass is 19.3. The molecule has 3 fully saturated rings. The van der Waals surface area contributed by atoms with Gasteiger partial charge in [-0.25, -0.2) is 18.4 Å². The number of hydrogen-bond acceptors (Lipinski definition) is 7. The lowest BCUT2D eigenvalue weighted by atomic mass is 9.75. The van der Waals surface area contributed by atoms with E-state index in [1.165, 1.54) is 18.2 Å². The minimum atomic E-state index is -2.79. The molecule has 234 valence electrons. The molecule has 0 bridgehead atoms. The number of aryl methyl sites for hydroxylation is 3. The number of rotatable bonds is 9. The average Bonchev–Trinajstić information content (AvgIpc) is 3.72. The number of pyridine rings is 1. The van der Waals surface area contributed by atoms with E-state index in [0.29, 0.717) is 38.6 Å². The molecule has 7 rings (SSSR count). The standard InChI is InChI=1S/C34H42F2N6O2/c1-22-11-23(2)42(39-22)30-13-26(24-6-7-24)12-27(14-30)28(15-31(43)44-3)16-40-18-33(19-40)20-41(21-34(33,35)36)17-29-9-8-25-5-4-10-37-32(25)38-29/h8-9,11-14,24,28H,4-7,10,15-21H2,1-3H3,(H,37,38)/t28-/m1/s1. The van der Waals surface area contributed by atoms with Crippen molar-refractivity contribution in [2.24, 2.45) is 5.41 Å². The highest BCUT2D eigenvalue weighted by Crippen LogP contribution is 2.51. The second kappa shape index (κ2) is 11.2. The lowest BCUT2D eigenvalue weighted by Gasteiger charge is -2.51. The molecule has 1 aromatic carbocycles. The summed E-state index contributed by atoms with van der Waals surface area (Å²) in [4.78, 5) is 21.3. The van der Waals surface area contributed by atoms with Gasteiger partial charge in [0.15, 0.2) is 0 Å². The van der Waals surface area contributed by atoms with E-state index in [1.807, 2.05) is 29.5 Å². The molecule has 0 amide bonds. The molecule has 4 aliphatic rings. The minimum Gasteiger partial charge on any atom is -0.469 e. The molecular weight excluding hydrogens is 562 g/mol. The number of methoxy groups -OCH3 is 1. The molecule has 1 spiro atoms. The van der Waals surface area contributed by atoms with Gasteiger partial charge in [0, 0.05) is 50.9 Å². The Morgan fingerprint density at radius 1 is 1.09 bits per heavy atom. The molecule has 1 saturated carbocycles. The van der Waals surface area contributed by atoms with Gasteiger partial charge in [0.1, 0.15) is 5.82 Å². The highest BCUT2D eigenvalue weighted by Gasteiger charge is 2.65. The predicted molar refractivity (Wildman–Crippen MR) is 165 cm³/mol. The van der Waals surface area contributed by atoms with Crippen molar-refractivity contribution in [2.75, 3.05) is 51.7 Å². The Morgan fingerprint density at radius 3 is 2.61 bits per heavy atom. The van der Waals surface area contributed by atoms with Crippen molar-refractivity contribution < 1.29 is 18.3 Å². The Balaban J connectivity index is 1.08. The van der Waals surface area contributed by atoms with E-state index < -0.39 is 11.3 Å². The summed E-state index contributed by atoms with van der Waals surface area (Å²) in [7, 11) is 1.40. The Hall–Kier alpha value is -3.37. The van der Waals surface area contributed by atoms with E-state index >= 15 is 8.78 Å². The highest BCUT2D eigenvalue weighted by molar-refractivity contribution is 5.70. The smallest absolute Gasteiger partial charge is 0.306 e. The van der Waals surface area contributed by atoms with Crippen LogP contribution in [0.3, 0.4) is 0 Å². The fourth-order valence-electron chi connectivity index (χ4n) is 7.56. The van der Waals surface area contributed by atoms with Crippen LogP contribution in [0.25, 0.3) is 5.69 Å². The lowest BCUT2D eigenvalue weighted by Crippen LogP contribution is -2.65. The summed E-state index contributed by atoms with van der Waals surface area (Å²) in [6.45, 7) is 6.55. The average molecular weight is 605 g/mol. The van der Waals surface area contributed by atoms with Crippen LogP contribution in [0, 0.1) is 19.3 Å². The fourth-order valence-corrected chi connectivity index (χ4v) is 7.56. The summed E-state index contributed by atoms with van der Waals surface area (Å²) in [5.41, 5.74) is 6.21. The van der Waals surface area contributed by atoms with Crippen LogP contribution in [0.5, 0.6) is 0 Å². The summed E-state index contributed by atoms with van der Waals surface area (Å²) >= 11 is 0. The molecule has 5 heterocycles. The number of esters is 1. The maximum absolute atomic E-state index is 15.6. The number of nitrogens with one attached hydrogen (secondary N) is 1. The molecule has 10 heteroatoms. The Kier molecular flexibility index (Phi) is 7.48. The van der Waals surface area contributed by atoms with Gasteiger partial charge in [0.2, 0.25) is 0 Å². The van der Waals surface area contributed by atoms with Crippen LogP contribution < -0.4 is 5.32 Å². The first kappa shape index (κ1) is 29.3. The first-order chi connectivity index (χ1) is 21.1. The third kappa shape index (κ3) is 5.62. The number of fused-ring (bicyclic) bond motifs is 1. The number of hydrogen-bond donors (Lipinski definition) is 1. The van der Waals surface area contributed by atoms with Gasteiger partial charge in [-0.15, -0.1) is 0 Å². The zero-order valence-corrected chi connectivity index (χ0v) is 25.9. The number of carbonyl (C=O) groups is 1. The van der Waals surface area contributed by atoms with Gasteiger partial charge in [0.25, 0.3) is 5.92 Å². The molecule has 3 aliphatic heterocycles. The number of ether oxygens (including phenoxy) is 1. The van der Waals surface area contributed by atoms with Gasteiger partial charge < -0.3 is 15.0 Å². The van der Waals surface area contributed by atoms with Crippen LogP contribution >= 0.6 is 0 Å². The van der Waals surface area contributed by atoms with Crippen molar-refractivity contribution in [3.8, 4) is 5.69 Å². The number of benzene rings is 1. The van der Waals surface area contributed by atoms with Crippen molar-refractivity contribution >= 4 is 11.8 Å². The molecule has 0 radical (unpaired) electrons. The monoisotopic (exact) mass is 604 g/mol. The third-order valence-corrected chi connectivity index (χ3v) is 9.97. The van der Waals surface area contributed by atoms with Crippen LogP contribution in [0.1, 0.15) is 71.3 Å². The van der Waals surface area contributed by atoms with Gasteiger partial charge in [-0.3, -0.25) is 9.69 Å². The summed E-state index contributed by atoms with van der Waals surface area (Å²) in [6, 6.07) is 12.6. The van der Waals surface area contributed by atoms with Crippen molar-refractivity contribution in [1.82, 2.24) is 24.6 Å². The van der Waals surface area contributed by atoms with Crippen LogP contribution in [0.4, 0.5) is 14.6 Å². The van der Waals surface area contributed by atoms with Gasteiger partial charge in [0.05, 0.1) is 42.6 Å². The first-order valence-electron chi connectivity index (χ1n) is 15.9. The van der Waals surface area contributed by atoms with E-state index in [0.717, 1.165) is 66.4 Å². The van der Waals surface area contributed by atoms with Crippen molar-refractivity contribution in [2.45, 2.75) is 70.3 Å². The molecule has 8 nitrogen and oxygen atoms in total. The summed E-state index contributed by atoms with van der Waals surface area (Å²) in [5, 5.41) is 8.05. The van der Waals surface area contributed by atoms with E-state index in [4.69, 9.17) is 14.8 Å². The van der Waals surface area contributed by atoms with Gasteiger partial charge in [-0.2, -0.15) is 5.10 Å². The largest absolute Gasteiger partial charge is 0.469 e. The number of carbonyl (C=O) groups excluding carboxylic acids is 1.